The molecule has 6 rings (SSSR count). The van der Waals surface area contributed by atoms with E-state index in [-0.39, 0.29) is 23.8 Å². The smallest absolute Gasteiger partial charge is 0.250 e. The SMILES string of the molecule is Cc1ccc(N2C(=O)C3C4CCCN4C4(C(=O)Nc5ccc(F)cc54)C3C2=O)cc1C. The van der Waals surface area contributed by atoms with Crippen molar-refractivity contribution in [1.82, 2.24) is 4.90 Å². The number of amides is 3. The molecule has 31 heavy (non-hydrogen) atoms. The lowest BCUT2D eigenvalue weighted by atomic mass is 9.75. The molecule has 4 unspecified atom stereocenters. The molecule has 6 nitrogen and oxygen atoms in total. The molecule has 0 radical (unpaired) electrons. The van der Waals surface area contributed by atoms with Crippen LogP contribution in [0.1, 0.15) is 29.5 Å². The minimum Gasteiger partial charge on any atom is -0.324 e. The van der Waals surface area contributed by atoms with Crippen molar-refractivity contribution in [2.75, 3.05) is 16.8 Å². The molecule has 2 aromatic rings. The standard InChI is InChI=1S/C24H22FN3O3/c1-12-5-7-15(10-13(12)2)28-21(29)19-18-4-3-9-27(18)24(20(19)22(28)30)16-11-14(25)6-8-17(16)26-23(24)31/h5-8,10-11,18-20H,3-4,9H2,1-2H3,(H,26,31). The predicted octanol–water partition coefficient (Wildman–Crippen LogP) is 2.87. The third-order valence-corrected chi connectivity index (χ3v) is 7.70. The van der Waals surface area contributed by atoms with Crippen LogP contribution < -0.4 is 10.2 Å². The van der Waals surface area contributed by atoms with Gasteiger partial charge in [0.1, 0.15) is 11.4 Å². The summed E-state index contributed by atoms with van der Waals surface area (Å²) < 4.78 is 14.3. The Morgan fingerprint density at radius 3 is 2.61 bits per heavy atom. The fourth-order valence-electron chi connectivity index (χ4n) is 6.29. The fourth-order valence-corrected chi connectivity index (χ4v) is 6.29. The number of nitrogens with zero attached hydrogens (tertiary/aromatic N) is 2. The van der Waals surface area contributed by atoms with Crippen LogP contribution >= 0.6 is 0 Å². The predicted molar refractivity (Wildman–Crippen MR) is 112 cm³/mol. The van der Waals surface area contributed by atoms with Crippen LogP contribution in [0.4, 0.5) is 15.8 Å². The maximum Gasteiger partial charge on any atom is 0.250 e. The van der Waals surface area contributed by atoms with Crippen molar-refractivity contribution in [3.8, 4) is 0 Å². The van der Waals surface area contributed by atoms with Crippen molar-refractivity contribution in [2.24, 2.45) is 11.8 Å². The topological polar surface area (TPSA) is 69.7 Å². The Balaban J connectivity index is 1.56. The van der Waals surface area contributed by atoms with Crippen molar-refractivity contribution >= 4 is 29.1 Å². The lowest BCUT2D eigenvalue weighted by molar-refractivity contribution is -0.135. The summed E-state index contributed by atoms with van der Waals surface area (Å²) >= 11 is 0. The van der Waals surface area contributed by atoms with Gasteiger partial charge in [0.25, 0.3) is 0 Å². The van der Waals surface area contributed by atoms with Crippen LogP contribution in [-0.2, 0) is 19.9 Å². The number of rotatable bonds is 1. The molecule has 0 aliphatic carbocycles. The molecular formula is C24H22FN3O3. The average Bonchev–Trinajstić information content (AvgIpc) is 3.43. The van der Waals surface area contributed by atoms with E-state index in [4.69, 9.17) is 0 Å². The van der Waals surface area contributed by atoms with Crippen LogP contribution in [0.2, 0.25) is 0 Å². The molecule has 2 aromatic carbocycles. The van der Waals surface area contributed by atoms with Gasteiger partial charge in [0.05, 0.1) is 17.5 Å². The van der Waals surface area contributed by atoms with Crippen LogP contribution in [0.15, 0.2) is 36.4 Å². The zero-order valence-electron chi connectivity index (χ0n) is 17.3. The van der Waals surface area contributed by atoms with Crippen LogP contribution in [-0.4, -0.2) is 35.2 Å². The molecule has 0 saturated carbocycles. The number of halogens is 1. The molecule has 0 aromatic heterocycles. The highest BCUT2D eigenvalue weighted by Gasteiger charge is 2.74. The normalized spacial score (nSPS) is 31.4. The molecule has 1 spiro atoms. The van der Waals surface area contributed by atoms with E-state index in [9.17, 15) is 18.8 Å². The van der Waals surface area contributed by atoms with E-state index in [1.165, 1.54) is 23.1 Å². The van der Waals surface area contributed by atoms with Crippen molar-refractivity contribution in [2.45, 2.75) is 38.3 Å². The zero-order chi connectivity index (χ0) is 21.7. The molecule has 1 N–H and O–H groups in total. The highest BCUT2D eigenvalue weighted by molar-refractivity contribution is 6.25. The number of carbonyl (C=O) groups is 3. The summed E-state index contributed by atoms with van der Waals surface area (Å²) in [5.41, 5.74) is 2.23. The summed E-state index contributed by atoms with van der Waals surface area (Å²) in [4.78, 5) is 44.2. The van der Waals surface area contributed by atoms with Gasteiger partial charge in [0, 0.05) is 17.3 Å². The van der Waals surface area contributed by atoms with E-state index in [2.05, 4.69) is 5.32 Å². The van der Waals surface area contributed by atoms with Crippen LogP contribution in [0, 0.1) is 31.5 Å². The maximum atomic E-state index is 14.3. The van der Waals surface area contributed by atoms with Crippen LogP contribution in [0.3, 0.4) is 0 Å². The van der Waals surface area contributed by atoms with Gasteiger partial charge in [-0.1, -0.05) is 6.07 Å². The first-order chi connectivity index (χ1) is 14.9. The Morgan fingerprint density at radius 1 is 1.03 bits per heavy atom. The Kier molecular flexibility index (Phi) is 3.62. The molecule has 3 saturated heterocycles. The van der Waals surface area contributed by atoms with Crippen LogP contribution in [0.5, 0.6) is 0 Å². The number of nitrogens with one attached hydrogen (secondary N) is 1. The summed E-state index contributed by atoms with van der Waals surface area (Å²) in [5.74, 6) is -2.91. The van der Waals surface area contributed by atoms with E-state index in [0.717, 1.165) is 24.0 Å². The van der Waals surface area contributed by atoms with E-state index in [1.54, 1.807) is 6.07 Å². The summed E-state index contributed by atoms with van der Waals surface area (Å²) in [6, 6.07) is 9.49. The van der Waals surface area contributed by atoms with Gasteiger partial charge in [-0.15, -0.1) is 0 Å². The van der Waals surface area contributed by atoms with Gasteiger partial charge in [0.15, 0.2) is 0 Å². The number of benzene rings is 2. The second-order valence-corrected chi connectivity index (χ2v) is 9.10. The van der Waals surface area contributed by atoms with E-state index >= 15 is 0 Å². The first-order valence-electron chi connectivity index (χ1n) is 10.7. The van der Waals surface area contributed by atoms with Gasteiger partial charge in [-0.25, -0.2) is 9.29 Å². The fraction of sp³-hybridized carbons (Fsp3) is 0.375. The van der Waals surface area contributed by atoms with Crippen molar-refractivity contribution in [1.29, 1.82) is 0 Å². The molecule has 158 valence electrons. The Hall–Kier alpha value is -3.06. The number of anilines is 2. The second kappa shape index (κ2) is 6.01. The first kappa shape index (κ1) is 18.7. The number of carbonyl (C=O) groups excluding carboxylic acids is 3. The summed E-state index contributed by atoms with van der Waals surface area (Å²) in [5, 5.41) is 2.86. The van der Waals surface area contributed by atoms with E-state index < -0.39 is 23.2 Å². The van der Waals surface area contributed by atoms with Crippen molar-refractivity contribution in [3.63, 3.8) is 0 Å². The summed E-state index contributed by atoms with van der Waals surface area (Å²) in [6.07, 6.45) is 1.57. The van der Waals surface area contributed by atoms with Gasteiger partial charge in [0.2, 0.25) is 17.7 Å². The lowest BCUT2D eigenvalue weighted by Gasteiger charge is -2.36. The third kappa shape index (κ3) is 2.12. The zero-order valence-corrected chi connectivity index (χ0v) is 17.3. The van der Waals surface area contributed by atoms with Crippen molar-refractivity contribution < 1.29 is 18.8 Å². The second-order valence-electron chi connectivity index (χ2n) is 9.10. The first-order valence-corrected chi connectivity index (χ1v) is 10.7. The van der Waals surface area contributed by atoms with E-state index in [0.29, 0.717) is 23.5 Å². The number of hydrogen-bond donors (Lipinski definition) is 1. The average molecular weight is 419 g/mol. The minimum absolute atomic E-state index is 0.210. The van der Waals surface area contributed by atoms with Gasteiger partial charge in [-0.2, -0.15) is 0 Å². The Bertz CT molecular complexity index is 1190. The largest absolute Gasteiger partial charge is 0.324 e. The highest BCUT2D eigenvalue weighted by atomic mass is 19.1. The Morgan fingerprint density at radius 2 is 1.84 bits per heavy atom. The number of imide groups is 1. The van der Waals surface area contributed by atoms with Gasteiger partial charge in [-0.3, -0.25) is 19.3 Å². The monoisotopic (exact) mass is 419 g/mol. The number of fused-ring (bicyclic) bond motifs is 7. The lowest BCUT2D eigenvalue weighted by Crippen LogP contribution is -2.54. The molecule has 0 bridgehead atoms. The molecule has 4 aliphatic heterocycles. The molecular weight excluding hydrogens is 397 g/mol. The molecule has 3 fully saturated rings. The van der Waals surface area contributed by atoms with Gasteiger partial charge >= 0.3 is 0 Å². The van der Waals surface area contributed by atoms with Crippen LogP contribution in [0.25, 0.3) is 0 Å². The van der Waals surface area contributed by atoms with Crippen molar-refractivity contribution in [3.05, 3.63) is 58.9 Å². The van der Waals surface area contributed by atoms with Gasteiger partial charge < -0.3 is 5.32 Å². The highest BCUT2D eigenvalue weighted by Crippen LogP contribution is 2.60. The van der Waals surface area contributed by atoms with Gasteiger partial charge in [-0.05, 0) is 74.7 Å². The molecule has 7 heteroatoms. The van der Waals surface area contributed by atoms with E-state index in [1.807, 2.05) is 30.9 Å². The molecule has 4 atom stereocenters. The maximum absolute atomic E-state index is 14.3. The summed E-state index contributed by atoms with van der Waals surface area (Å²) in [6.45, 7) is 4.51. The third-order valence-electron chi connectivity index (χ3n) is 7.70. The number of aryl methyl sites for hydroxylation is 2. The minimum atomic E-state index is -1.34. The quantitative estimate of drug-likeness (QED) is 0.722. The number of hydrogen-bond acceptors (Lipinski definition) is 4. The molecule has 4 heterocycles. The molecule has 3 amide bonds. The molecule has 4 aliphatic rings. The Labute approximate surface area is 179 Å². The summed E-state index contributed by atoms with van der Waals surface area (Å²) in [7, 11) is 0.